The van der Waals surface area contributed by atoms with Gasteiger partial charge in [0.05, 0.1) is 0 Å². The number of nitrogens with one attached hydrogen (secondary N) is 2. The standard InChI is InChI=1S/C16H15FN2OS/c1-21-15-7-3-6-14(11-15)19-16(20)18-9-8-12-4-2-5-13(17)10-12/h2-11H,1H3,(H2,18,19,20)/b9-8+. The van der Waals surface area contributed by atoms with Crippen molar-refractivity contribution >= 4 is 29.6 Å². The van der Waals surface area contributed by atoms with E-state index in [1.54, 1.807) is 30.0 Å². The Hall–Kier alpha value is -2.27. The van der Waals surface area contributed by atoms with Crippen molar-refractivity contribution in [1.29, 1.82) is 0 Å². The highest BCUT2D eigenvalue weighted by Gasteiger charge is 2.00. The van der Waals surface area contributed by atoms with Crippen LogP contribution < -0.4 is 10.6 Å². The number of thioether (sulfide) groups is 1. The zero-order valence-corrected chi connectivity index (χ0v) is 12.3. The maximum absolute atomic E-state index is 13.0. The van der Waals surface area contributed by atoms with Gasteiger partial charge in [-0.05, 0) is 48.2 Å². The fourth-order valence-electron chi connectivity index (χ4n) is 1.69. The van der Waals surface area contributed by atoms with Gasteiger partial charge in [0.15, 0.2) is 0 Å². The van der Waals surface area contributed by atoms with Crippen LogP contribution in [0.1, 0.15) is 5.56 Å². The number of benzene rings is 2. The second kappa shape index (κ2) is 7.50. The van der Waals surface area contributed by atoms with Crippen LogP contribution in [0.5, 0.6) is 0 Å². The molecule has 2 aromatic carbocycles. The van der Waals surface area contributed by atoms with E-state index in [2.05, 4.69) is 10.6 Å². The van der Waals surface area contributed by atoms with Gasteiger partial charge < -0.3 is 10.6 Å². The third-order valence-electron chi connectivity index (χ3n) is 2.67. The number of carbonyl (C=O) groups is 1. The summed E-state index contributed by atoms with van der Waals surface area (Å²) in [6.45, 7) is 0. The summed E-state index contributed by atoms with van der Waals surface area (Å²) in [4.78, 5) is 12.8. The molecule has 2 aromatic rings. The molecule has 0 bridgehead atoms. The van der Waals surface area contributed by atoms with E-state index in [0.717, 1.165) is 10.6 Å². The molecule has 3 nitrogen and oxygen atoms in total. The minimum atomic E-state index is -0.346. The second-order valence-electron chi connectivity index (χ2n) is 4.22. The molecule has 2 amide bonds. The monoisotopic (exact) mass is 302 g/mol. The summed E-state index contributed by atoms with van der Waals surface area (Å²) in [6, 6.07) is 13.3. The van der Waals surface area contributed by atoms with Gasteiger partial charge in [0.1, 0.15) is 5.82 Å². The summed E-state index contributed by atoms with van der Waals surface area (Å²) in [6.07, 6.45) is 5.07. The Kier molecular flexibility index (Phi) is 5.40. The molecule has 0 radical (unpaired) electrons. The first-order valence-electron chi connectivity index (χ1n) is 6.31. The molecule has 0 aliphatic rings. The normalized spacial score (nSPS) is 10.6. The van der Waals surface area contributed by atoms with E-state index in [9.17, 15) is 9.18 Å². The van der Waals surface area contributed by atoms with E-state index in [1.165, 1.54) is 18.3 Å². The molecule has 2 N–H and O–H groups in total. The fraction of sp³-hybridized carbons (Fsp3) is 0.0625. The molecule has 108 valence electrons. The number of rotatable bonds is 4. The van der Waals surface area contributed by atoms with Crippen LogP contribution in [-0.4, -0.2) is 12.3 Å². The van der Waals surface area contributed by atoms with Gasteiger partial charge in [-0.1, -0.05) is 18.2 Å². The zero-order valence-electron chi connectivity index (χ0n) is 11.5. The van der Waals surface area contributed by atoms with Crippen LogP contribution in [0.2, 0.25) is 0 Å². The highest BCUT2D eigenvalue weighted by Crippen LogP contribution is 2.18. The molecular weight excluding hydrogens is 287 g/mol. The lowest BCUT2D eigenvalue weighted by Crippen LogP contribution is -2.23. The molecule has 0 spiro atoms. The van der Waals surface area contributed by atoms with Crippen LogP contribution in [0.25, 0.3) is 6.08 Å². The molecule has 0 saturated carbocycles. The molecule has 0 aromatic heterocycles. The van der Waals surface area contributed by atoms with Crippen LogP contribution in [0.4, 0.5) is 14.9 Å². The average molecular weight is 302 g/mol. The molecule has 21 heavy (non-hydrogen) atoms. The number of hydrogen-bond acceptors (Lipinski definition) is 2. The van der Waals surface area contributed by atoms with Gasteiger partial charge in [-0.15, -0.1) is 11.8 Å². The molecule has 0 aliphatic carbocycles. The quantitative estimate of drug-likeness (QED) is 0.825. The lowest BCUT2D eigenvalue weighted by molar-refractivity contribution is 0.255. The van der Waals surface area contributed by atoms with Crippen molar-refractivity contribution in [3.05, 3.63) is 66.1 Å². The molecule has 0 unspecified atom stereocenters. The van der Waals surface area contributed by atoms with Gasteiger partial charge >= 0.3 is 6.03 Å². The average Bonchev–Trinajstić information content (AvgIpc) is 2.47. The number of urea groups is 1. The summed E-state index contributed by atoms with van der Waals surface area (Å²) in [7, 11) is 0. The van der Waals surface area contributed by atoms with Crippen LogP contribution in [-0.2, 0) is 0 Å². The Morgan fingerprint density at radius 3 is 2.76 bits per heavy atom. The lowest BCUT2D eigenvalue weighted by atomic mass is 10.2. The third-order valence-corrected chi connectivity index (χ3v) is 3.39. The third kappa shape index (κ3) is 4.96. The SMILES string of the molecule is CSc1cccc(NC(=O)N/C=C/c2cccc(F)c2)c1. The van der Waals surface area contributed by atoms with Crippen LogP contribution in [0.15, 0.2) is 59.6 Å². The van der Waals surface area contributed by atoms with E-state index >= 15 is 0 Å². The minimum Gasteiger partial charge on any atom is -0.314 e. The topological polar surface area (TPSA) is 41.1 Å². The van der Waals surface area contributed by atoms with Gasteiger partial charge in [0.2, 0.25) is 0 Å². The molecule has 0 atom stereocenters. The molecule has 2 rings (SSSR count). The van der Waals surface area contributed by atoms with Crippen molar-refractivity contribution in [3.63, 3.8) is 0 Å². The molecule has 0 aliphatic heterocycles. The molecule has 0 saturated heterocycles. The number of carbonyl (C=O) groups excluding carboxylic acids is 1. The number of amides is 2. The van der Waals surface area contributed by atoms with Crippen LogP contribution in [0.3, 0.4) is 0 Å². The number of hydrogen-bond donors (Lipinski definition) is 2. The van der Waals surface area contributed by atoms with E-state index in [1.807, 2.05) is 30.5 Å². The van der Waals surface area contributed by atoms with Crippen molar-refractivity contribution in [2.45, 2.75) is 4.90 Å². The van der Waals surface area contributed by atoms with E-state index in [4.69, 9.17) is 0 Å². The number of halogens is 1. The molecule has 5 heteroatoms. The van der Waals surface area contributed by atoms with Crippen molar-refractivity contribution in [2.75, 3.05) is 11.6 Å². The highest BCUT2D eigenvalue weighted by atomic mass is 32.2. The molecule has 0 heterocycles. The summed E-state index contributed by atoms with van der Waals surface area (Å²) in [5.41, 5.74) is 1.40. The predicted octanol–water partition coefficient (Wildman–Crippen LogP) is 4.34. The van der Waals surface area contributed by atoms with Crippen molar-refractivity contribution in [3.8, 4) is 0 Å². The summed E-state index contributed by atoms with van der Waals surface area (Å²) in [5.74, 6) is -0.310. The highest BCUT2D eigenvalue weighted by molar-refractivity contribution is 7.98. The van der Waals surface area contributed by atoms with Gasteiger partial charge in [-0.25, -0.2) is 9.18 Å². The second-order valence-corrected chi connectivity index (χ2v) is 5.10. The number of anilines is 1. The Morgan fingerprint density at radius 2 is 2.00 bits per heavy atom. The van der Waals surface area contributed by atoms with Crippen LogP contribution >= 0.6 is 11.8 Å². The maximum atomic E-state index is 13.0. The smallest absolute Gasteiger partial charge is 0.314 e. The van der Waals surface area contributed by atoms with Gasteiger partial charge in [0, 0.05) is 16.8 Å². The Morgan fingerprint density at radius 1 is 1.19 bits per heavy atom. The molecular formula is C16H15FN2OS. The zero-order chi connectivity index (χ0) is 15.1. The minimum absolute atomic E-state index is 0.310. The maximum Gasteiger partial charge on any atom is 0.323 e. The molecule has 0 fully saturated rings. The van der Waals surface area contributed by atoms with E-state index < -0.39 is 0 Å². The summed E-state index contributed by atoms with van der Waals surface area (Å²) in [5, 5.41) is 5.30. The Labute approximate surface area is 127 Å². The first-order valence-corrected chi connectivity index (χ1v) is 7.53. The van der Waals surface area contributed by atoms with Gasteiger partial charge in [-0.2, -0.15) is 0 Å². The largest absolute Gasteiger partial charge is 0.323 e. The summed E-state index contributed by atoms with van der Waals surface area (Å²) >= 11 is 1.61. The van der Waals surface area contributed by atoms with E-state index in [0.29, 0.717) is 5.56 Å². The van der Waals surface area contributed by atoms with E-state index in [-0.39, 0.29) is 11.8 Å². The van der Waals surface area contributed by atoms with Gasteiger partial charge in [-0.3, -0.25) is 0 Å². The van der Waals surface area contributed by atoms with Crippen molar-refractivity contribution < 1.29 is 9.18 Å². The van der Waals surface area contributed by atoms with Crippen LogP contribution in [0, 0.1) is 5.82 Å². The van der Waals surface area contributed by atoms with Crippen molar-refractivity contribution in [2.24, 2.45) is 0 Å². The first kappa shape index (κ1) is 15.1. The van der Waals surface area contributed by atoms with Crippen molar-refractivity contribution in [1.82, 2.24) is 5.32 Å². The first-order chi connectivity index (χ1) is 10.2. The lowest BCUT2D eigenvalue weighted by Gasteiger charge is -2.05. The predicted molar refractivity (Wildman–Crippen MR) is 85.8 cm³/mol. The Balaban J connectivity index is 1.90. The fourth-order valence-corrected chi connectivity index (χ4v) is 2.15. The Bertz CT molecular complexity index is 658. The summed E-state index contributed by atoms with van der Waals surface area (Å²) < 4.78 is 13.0. The van der Waals surface area contributed by atoms with Gasteiger partial charge in [0.25, 0.3) is 0 Å².